The van der Waals surface area contributed by atoms with Crippen LogP contribution < -0.4 is 0 Å². The first-order chi connectivity index (χ1) is 6.74. The van der Waals surface area contributed by atoms with Crippen molar-refractivity contribution in [3.8, 4) is 0 Å². The predicted octanol–water partition coefficient (Wildman–Crippen LogP) is 1.87. The van der Waals surface area contributed by atoms with Crippen LogP contribution in [-0.4, -0.2) is 36.3 Å². The van der Waals surface area contributed by atoms with Gasteiger partial charge in [-0.15, -0.1) is 0 Å². The smallest absolute Gasteiger partial charge is 0.303 e. The van der Waals surface area contributed by atoms with Crippen LogP contribution in [0.5, 0.6) is 0 Å². The molecule has 14 heavy (non-hydrogen) atoms. The van der Waals surface area contributed by atoms with Crippen LogP contribution in [0.4, 0.5) is 0 Å². The van der Waals surface area contributed by atoms with Gasteiger partial charge in [-0.2, -0.15) is 11.8 Å². The molecule has 3 nitrogen and oxygen atoms in total. The molecule has 0 aromatic carbocycles. The second-order valence-electron chi connectivity index (χ2n) is 3.79. The lowest BCUT2D eigenvalue weighted by Gasteiger charge is -2.28. The Balaban J connectivity index is 2.42. The van der Waals surface area contributed by atoms with Gasteiger partial charge in [0.15, 0.2) is 0 Å². The van der Waals surface area contributed by atoms with Crippen LogP contribution >= 0.6 is 11.8 Å². The van der Waals surface area contributed by atoms with E-state index in [1.165, 1.54) is 12.2 Å². The second kappa shape index (κ2) is 6.30. The summed E-state index contributed by atoms with van der Waals surface area (Å²) in [5.41, 5.74) is 0. The van der Waals surface area contributed by atoms with Gasteiger partial charge in [-0.05, 0) is 36.2 Å². The van der Waals surface area contributed by atoms with Crippen molar-refractivity contribution in [2.75, 3.05) is 25.2 Å². The van der Waals surface area contributed by atoms with E-state index in [2.05, 4.69) is 0 Å². The Hall–Kier alpha value is -0.220. The van der Waals surface area contributed by atoms with E-state index in [9.17, 15) is 4.79 Å². The number of hydrogen-bond acceptors (Lipinski definition) is 3. The normalized spacial score (nSPS) is 24.5. The molecule has 1 aliphatic heterocycles. The van der Waals surface area contributed by atoms with Gasteiger partial charge in [-0.3, -0.25) is 4.79 Å². The van der Waals surface area contributed by atoms with Gasteiger partial charge in [0.05, 0.1) is 6.42 Å². The summed E-state index contributed by atoms with van der Waals surface area (Å²) in [6, 6.07) is 0. The number of carbonyl (C=O) groups is 1. The zero-order valence-corrected chi connectivity index (χ0v) is 9.39. The monoisotopic (exact) mass is 218 g/mol. The average Bonchev–Trinajstić information content (AvgIpc) is 2.18. The first-order valence-electron chi connectivity index (χ1n) is 5.02. The third-order valence-electron chi connectivity index (χ3n) is 2.68. The van der Waals surface area contributed by atoms with Crippen molar-refractivity contribution >= 4 is 17.7 Å². The molecule has 0 aliphatic carbocycles. The molecule has 1 heterocycles. The van der Waals surface area contributed by atoms with Crippen LogP contribution in [0.3, 0.4) is 0 Å². The third-order valence-corrected chi connectivity index (χ3v) is 3.92. The Morgan fingerprint density at radius 1 is 1.71 bits per heavy atom. The molecule has 2 unspecified atom stereocenters. The summed E-state index contributed by atoms with van der Waals surface area (Å²) in [6.45, 7) is 0.581. The molecule has 82 valence electrons. The Labute approximate surface area is 89.2 Å². The number of methoxy groups -OCH3 is 1. The Bertz CT molecular complexity index is 178. The molecule has 2 atom stereocenters. The van der Waals surface area contributed by atoms with E-state index in [0.29, 0.717) is 12.5 Å². The summed E-state index contributed by atoms with van der Waals surface area (Å²) in [6.07, 6.45) is 2.63. The fourth-order valence-electron chi connectivity index (χ4n) is 1.94. The minimum atomic E-state index is -0.706. The van der Waals surface area contributed by atoms with E-state index in [4.69, 9.17) is 9.84 Å². The van der Waals surface area contributed by atoms with E-state index >= 15 is 0 Å². The number of aliphatic carboxylic acids is 1. The molecule has 1 aliphatic rings. The van der Waals surface area contributed by atoms with Crippen LogP contribution in [0.15, 0.2) is 0 Å². The number of hydrogen-bond donors (Lipinski definition) is 1. The molecular weight excluding hydrogens is 200 g/mol. The van der Waals surface area contributed by atoms with Crippen molar-refractivity contribution in [1.82, 2.24) is 0 Å². The van der Waals surface area contributed by atoms with Gasteiger partial charge in [0.25, 0.3) is 0 Å². The maximum Gasteiger partial charge on any atom is 0.303 e. The van der Waals surface area contributed by atoms with Crippen molar-refractivity contribution in [2.24, 2.45) is 11.8 Å². The molecule has 0 saturated carbocycles. The molecule has 0 aromatic heterocycles. The van der Waals surface area contributed by atoms with Crippen LogP contribution in [0.25, 0.3) is 0 Å². The molecule has 1 fully saturated rings. The van der Waals surface area contributed by atoms with E-state index in [1.807, 2.05) is 11.8 Å². The van der Waals surface area contributed by atoms with Crippen LogP contribution in [0, 0.1) is 11.8 Å². The van der Waals surface area contributed by atoms with Gasteiger partial charge in [0.2, 0.25) is 0 Å². The predicted molar refractivity (Wildman–Crippen MR) is 57.7 cm³/mol. The maximum absolute atomic E-state index is 10.7. The molecule has 0 spiro atoms. The summed E-state index contributed by atoms with van der Waals surface area (Å²) < 4.78 is 5.09. The van der Waals surface area contributed by atoms with Crippen LogP contribution in [-0.2, 0) is 9.53 Å². The first-order valence-corrected chi connectivity index (χ1v) is 6.18. The third kappa shape index (κ3) is 3.88. The Morgan fingerprint density at radius 3 is 3.00 bits per heavy atom. The first kappa shape index (κ1) is 11.9. The van der Waals surface area contributed by atoms with Crippen molar-refractivity contribution in [1.29, 1.82) is 0 Å². The fraction of sp³-hybridized carbons (Fsp3) is 0.900. The molecule has 4 heteroatoms. The van der Waals surface area contributed by atoms with Crippen LogP contribution in [0.1, 0.15) is 19.3 Å². The Kier molecular flexibility index (Phi) is 5.33. The van der Waals surface area contributed by atoms with E-state index in [0.717, 1.165) is 12.2 Å². The van der Waals surface area contributed by atoms with Crippen molar-refractivity contribution in [2.45, 2.75) is 19.3 Å². The zero-order valence-electron chi connectivity index (χ0n) is 8.57. The largest absolute Gasteiger partial charge is 0.481 e. The molecule has 1 N–H and O–H groups in total. The zero-order chi connectivity index (χ0) is 10.4. The second-order valence-corrected chi connectivity index (χ2v) is 4.94. The van der Waals surface area contributed by atoms with E-state index < -0.39 is 5.97 Å². The van der Waals surface area contributed by atoms with E-state index in [-0.39, 0.29) is 12.3 Å². The van der Waals surface area contributed by atoms with Gasteiger partial charge in [-0.1, -0.05) is 0 Å². The minimum Gasteiger partial charge on any atom is -0.481 e. The maximum atomic E-state index is 10.7. The highest BCUT2D eigenvalue weighted by molar-refractivity contribution is 7.99. The number of ether oxygens (including phenoxy) is 1. The molecule has 1 rings (SSSR count). The van der Waals surface area contributed by atoms with Crippen molar-refractivity contribution < 1.29 is 14.6 Å². The summed E-state index contributed by atoms with van der Waals surface area (Å²) in [7, 11) is 1.64. The molecule has 0 amide bonds. The van der Waals surface area contributed by atoms with Gasteiger partial charge in [-0.25, -0.2) is 0 Å². The number of thioether (sulfide) groups is 1. The number of rotatable bonds is 5. The lowest BCUT2D eigenvalue weighted by molar-refractivity contribution is -0.139. The average molecular weight is 218 g/mol. The standard InChI is InChI=1S/C10H18O3S/c1-13-6-9(5-10(11)12)8-3-2-4-14-7-8/h8-9H,2-7H2,1H3,(H,11,12). The SMILES string of the molecule is COCC(CC(=O)O)C1CCCSC1. The van der Waals surface area contributed by atoms with Gasteiger partial charge < -0.3 is 9.84 Å². The summed E-state index contributed by atoms with van der Waals surface area (Å²) in [4.78, 5) is 10.7. The fourth-order valence-corrected chi connectivity index (χ4v) is 3.22. The van der Waals surface area contributed by atoms with Crippen molar-refractivity contribution in [3.63, 3.8) is 0 Å². The Morgan fingerprint density at radius 2 is 2.50 bits per heavy atom. The highest BCUT2D eigenvalue weighted by Gasteiger charge is 2.25. The van der Waals surface area contributed by atoms with Crippen molar-refractivity contribution in [3.05, 3.63) is 0 Å². The summed E-state index contributed by atoms with van der Waals surface area (Å²) >= 11 is 1.94. The quantitative estimate of drug-likeness (QED) is 0.765. The van der Waals surface area contributed by atoms with E-state index in [1.54, 1.807) is 7.11 Å². The molecule has 0 radical (unpaired) electrons. The molecule has 0 aromatic rings. The lowest BCUT2D eigenvalue weighted by atomic mass is 9.88. The minimum absolute atomic E-state index is 0.199. The number of carboxylic acid groups (broad SMARTS) is 1. The summed E-state index contributed by atoms with van der Waals surface area (Å²) in [5, 5.41) is 8.78. The highest BCUT2D eigenvalue weighted by atomic mass is 32.2. The molecule has 0 bridgehead atoms. The van der Waals surface area contributed by atoms with Gasteiger partial charge >= 0.3 is 5.97 Å². The van der Waals surface area contributed by atoms with Gasteiger partial charge in [0, 0.05) is 13.7 Å². The highest BCUT2D eigenvalue weighted by Crippen LogP contribution is 2.30. The summed E-state index contributed by atoms with van der Waals surface area (Å²) in [5.74, 6) is 2.35. The lowest BCUT2D eigenvalue weighted by Crippen LogP contribution is -2.26. The van der Waals surface area contributed by atoms with Crippen LogP contribution in [0.2, 0.25) is 0 Å². The topological polar surface area (TPSA) is 46.5 Å². The van der Waals surface area contributed by atoms with Gasteiger partial charge in [0.1, 0.15) is 0 Å². The molecule has 1 saturated heterocycles. The number of carboxylic acids is 1. The molecular formula is C10H18O3S.